The Hall–Kier alpha value is -1.03. The van der Waals surface area contributed by atoms with Gasteiger partial charge in [0.05, 0.1) is 14.2 Å². The molecule has 17 heavy (non-hydrogen) atoms. The van der Waals surface area contributed by atoms with Crippen LogP contribution in [0.4, 0.5) is 5.69 Å². The predicted molar refractivity (Wildman–Crippen MR) is 73.5 cm³/mol. The van der Waals surface area contributed by atoms with Crippen molar-refractivity contribution >= 4 is 17.4 Å². The summed E-state index contributed by atoms with van der Waals surface area (Å²) in [5.41, 5.74) is 1.11. The van der Waals surface area contributed by atoms with E-state index in [1.165, 1.54) is 24.3 Å². The molecule has 1 N–H and O–H groups in total. The van der Waals surface area contributed by atoms with Crippen molar-refractivity contribution in [2.45, 2.75) is 18.9 Å². The molecule has 0 unspecified atom stereocenters. The number of benzene rings is 1. The zero-order valence-corrected chi connectivity index (χ0v) is 11.2. The molecular weight excluding hydrogens is 234 g/mol. The summed E-state index contributed by atoms with van der Waals surface area (Å²) in [5.74, 6) is 4.07. The van der Waals surface area contributed by atoms with Gasteiger partial charge >= 0.3 is 0 Å². The Morgan fingerprint density at radius 3 is 2.47 bits per heavy atom. The highest BCUT2D eigenvalue weighted by Gasteiger charge is 2.14. The number of thioether (sulfide) groups is 1. The van der Waals surface area contributed by atoms with E-state index >= 15 is 0 Å². The van der Waals surface area contributed by atoms with Gasteiger partial charge in [0, 0.05) is 17.8 Å². The van der Waals surface area contributed by atoms with E-state index in [2.05, 4.69) is 5.32 Å². The molecule has 4 heteroatoms. The largest absolute Gasteiger partial charge is 0.493 e. The van der Waals surface area contributed by atoms with Crippen molar-refractivity contribution in [3.05, 3.63) is 18.2 Å². The number of rotatable bonds is 4. The van der Waals surface area contributed by atoms with Crippen LogP contribution in [0.3, 0.4) is 0 Å². The Bertz CT molecular complexity index is 364. The van der Waals surface area contributed by atoms with Gasteiger partial charge in [-0.25, -0.2) is 0 Å². The summed E-state index contributed by atoms with van der Waals surface area (Å²) < 4.78 is 10.5. The van der Waals surface area contributed by atoms with Crippen molar-refractivity contribution in [2.24, 2.45) is 0 Å². The van der Waals surface area contributed by atoms with Crippen molar-refractivity contribution in [2.75, 3.05) is 31.0 Å². The van der Waals surface area contributed by atoms with Gasteiger partial charge in [0.25, 0.3) is 0 Å². The maximum atomic E-state index is 5.30. The first-order chi connectivity index (χ1) is 8.33. The molecule has 0 atom stereocenters. The molecule has 1 heterocycles. The lowest BCUT2D eigenvalue weighted by molar-refractivity contribution is 0.355. The number of nitrogens with one attached hydrogen (secondary N) is 1. The standard InChI is InChI=1S/C13H19NO2S/c1-15-12-4-3-11(9-13(12)16-2)14-10-5-7-17-8-6-10/h3-4,9-10,14H,5-8H2,1-2H3. The van der Waals surface area contributed by atoms with E-state index in [4.69, 9.17) is 9.47 Å². The predicted octanol–water partition coefficient (Wildman–Crippen LogP) is 3.01. The second kappa shape index (κ2) is 6.05. The lowest BCUT2D eigenvalue weighted by Gasteiger charge is -2.24. The van der Waals surface area contributed by atoms with Crippen LogP contribution in [0.1, 0.15) is 12.8 Å². The Labute approximate surface area is 107 Å². The van der Waals surface area contributed by atoms with Crippen molar-refractivity contribution in [3.8, 4) is 11.5 Å². The monoisotopic (exact) mass is 253 g/mol. The van der Waals surface area contributed by atoms with Crippen LogP contribution in [0.5, 0.6) is 11.5 Å². The highest BCUT2D eigenvalue weighted by molar-refractivity contribution is 7.99. The van der Waals surface area contributed by atoms with E-state index in [1.807, 2.05) is 30.0 Å². The summed E-state index contributed by atoms with van der Waals surface area (Å²) in [6.45, 7) is 0. The van der Waals surface area contributed by atoms with Crippen LogP contribution < -0.4 is 14.8 Å². The van der Waals surface area contributed by atoms with Gasteiger partial charge in [0.1, 0.15) is 0 Å². The fourth-order valence-corrected chi connectivity index (χ4v) is 3.11. The van der Waals surface area contributed by atoms with Crippen molar-refractivity contribution in [1.82, 2.24) is 0 Å². The topological polar surface area (TPSA) is 30.5 Å². The van der Waals surface area contributed by atoms with Crippen LogP contribution in [0.2, 0.25) is 0 Å². The normalized spacial score (nSPS) is 16.6. The molecule has 1 aliphatic rings. The number of anilines is 1. The highest BCUT2D eigenvalue weighted by atomic mass is 32.2. The molecule has 2 rings (SSSR count). The fourth-order valence-electron chi connectivity index (χ4n) is 2.00. The first kappa shape index (κ1) is 12.4. The maximum Gasteiger partial charge on any atom is 0.162 e. The van der Waals surface area contributed by atoms with E-state index in [9.17, 15) is 0 Å². The maximum absolute atomic E-state index is 5.30. The Balaban J connectivity index is 2.05. The second-order valence-corrected chi connectivity index (χ2v) is 5.33. The lowest BCUT2D eigenvalue weighted by atomic mass is 10.1. The van der Waals surface area contributed by atoms with E-state index < -0.39 is 0 Å². The van der Waals surface area contributed by atoms with Gasteiger partial charge in [-0.3, -0.25) is 0 Å². The lowest BCUT2D eigenvalue weighted by Crippen LogP contribution is -2.24. The molecule has 0 spiro atoms. The van der Waals surface area contributed by atoms with Crippen LogP contribution in [0.25, 0.3) is 0 Å². The van der Waals surface area contributed by atoms with Gasteiger partial charge in [-0.05, 0) is 36.5 Å². The average molecular weight is 253 g/mol. The number of hydrogen-bond donors (Lipinski definition) is 1. The summed E-state index contributed by atoms with van der Waals surface area (Å²) in [5, 5.41) is 3.56. The third-order valence-electron chi connectivity index (χ3n) is 2.98. The molecule has 0 radical (unpaired) electrons. The molecular formula is C13H19NO2S. The molecule has 0 aliphatic carbocycles. The van der Waals surface area contributed by atoms with E-state index in [0.717, 1.165) is 17.2 Å². The molecule has 0 aromatic heterocycles. The van der Waals surface area contributed by atoms with Crippen molar-refractivity contribution in [1.29, 1.82) is 0 Å². The molecule has 1 aromatic rings. The average Bonchev–Trinajstić information content (AvgIpc) is 2.40. The summed E-state index contributed by atoms with van der Waals surface area (Å²) in [6.07, 6.45) is 2.47. The number of ether oxygens (including phenoxy) is 2. The summed E-state index contributed by atoms with van der Waals surface area (Å²) >= 11 is 2.04. The van der Waals surface area contributed by atoms with Gasteiger partial charge in [0.2, 0.25) is 0 Å². The molecule has 0 bridgehead atoms. The van der Waals surface area contributed by atoms with Gasteiger partial charge in [-0.15, -0.1) is 0 Å². The van der Waals surface area contributed by atoms with Crippen LogP contribution in [0, 0.1) is 0 Å². The molecule has 1 aromatic carbocycles. The minimum Gasteiger partial charge on any atom is -0.493 e. The minimum atomic E-state index is 0.592. The summed E-state index contributed by atoms with van der Waals surface area (Å²) in [6, 6.07) is 6.58. The Kier molecular flexibility index (Phi) is 4.42. The molecule has 1 aliphatic heterocycles. The zero-order valence-electron chi connectivity index (χ0n) is 10.4. The van der Waals surface area contributed by atoms with Gasteiger partial charge in [0.15, 0.2) is 11.5 Å². The van der Waals surface area contributed by atoms with E-state index in [-0.39, 0.29) is 0 Å². The molecule has 0 amide bonds. The smallest absolute Gasteiger partial charge is 0.162 e. The Morgan fingerprint density at radius 2 is 1.82 bits per heavy atom. The Morgan fingerprint density at radius 1 is 1.12 bits per heavy atom. The van der Waals surface area contributed by atoms with Crippen molar-refractivity contribution < 1.29 is 9.47 Å². The summed E-state index contributed by atoms with van der Waals surface area (Å²) in [7, 11) is 3.32. The minimum absolute atomic E-state index is 0.592. The van der Waals surface area contributed by atoms with Gasteiger partial charge in [-0.2, -0.15) is 11.8 Å². The zero-order chi connectivity index (χ0) is 12.1. The highest BCUT2D eigenvalue weighted by Crippen LogP contribution is 2.31. The number of hydrogen-bond acceptors (Lipinski definition) is 4. The first-order valence-corrected chi connectivity index (χ1v) is 7.05. The van der Waals surface area contributed by atoms with Crippen LogP contribution in [-0.2, 0) is 0 Å². The SMILES string of the molecule is COc1ccc(NC2CCSCC2)cc1OC. The third-order valence-corrected chi connectivity index (χ3v) is 4.02. The van der Waals surface area contributed by atoms with Crippen LogP contribution >= 0.6 is 11.8 Å². The van der Waals surface area contributed by atoms with Crippen molar-refractivity contribution in [3.63, 3.8) is 0 Å². The third kappa shape index (κ3) is 3.22. The second-order valence-electron chi connectivity index (χ2n) is 4.10. The van der Waals surface area contributed by atoms with Gasteiger partial charge < -0.3 is 14.8 Å². The number of methoxy groups -OCH3 is 2. The van der Waals surface area contributed by atoms with Gasteiger partial charge in [-0.1, -0.05) is 0 Å². The quantitative estimate of drug-likeness (QED) is 0.893. The molecule has 0 saturated carbocycles. The summed E-state index contributed by atoms with van der Waals surface area (Å²) in [4.78, 5) is 0. The molecule has 1 saturated heterocycles. The molecule has 1 fully saturated rings. The van der Waals surface area contributed by atoms with E-state index in [1.54, 1.807) is 14.2 Å². The van der Waals surface area contributed by atoms with Crippen LogP contribution in [-0.4, -0.2) is 31.8 Å². The first-order valence-electron chi connectivity index (χ1n) is 5.90. The fraction of sp³-hybridized carbons (Fsp3) is 0.538. The van der Waals surface area contributed by atoms with E-state index in [0.29, 0.717) is 6.04 Å². The molecule has 3 nitrogen and oxygen atoms in total. The van der Waals surface area contributed by atoms with Crippen LogP contribution in [0.15, 0.2) is 18.2 Å². The molecule has 94 valence electrons.